The summed E-state index contributed by atoms with van der Waals surface area (Å²) >= 11 is 0. The number of carbonyl (C=O) groups is 1. The lowest BCUT2D eigenvalue weighted by atomic mass is 9.88. The summed E-state index contributed by atoms with van der Waals surface area (Å²) in [5.74, 6) is 0.564. The first-order chi connectivity index (χ1) is 6.15. The first-order valence-electron chi connectivity index (χ1n) is 4.77. The van der Waals surface area contributed by atoms with Crippen LogP contribution in [-0.4, -0.2) is 36.8 Å². The van der Waals surface area contributed by atoms with Gasteiger partial charge in [-0.2, -0.15) is 0 Å². The van der Waals surface area contributed by atoms with E-state index < -0.39 is 0 Å². The molecule has 0 radical (unpaired) electrons. The highest BCUT2D eigenvalue weighted by molar-refractivity contribution is 5.79. The molecule has 0 aromatic heterocycles. The Morgan fingerprint density at radius 3 is 2.62 bits per heavy atom. The molecule has 1 saturated heterocycles. The van der Waals surface area contributed by atoms with E-state index in [0.29, 0.717) is 5.92 Å². The fraction of sp³-hybridized carbons (Fsp3) is 0.889. The Bertz CT molecular complexity index is 180. The molecule has 4 nitrogen and oxygen atoms in total. The third-order valence-electron chi connectivity index (χ3n) is 2.60. The number of amides is 1. The molecule has 4 heteroatoms. The predicted molar refractivity (Wildman–Crippen MR) is 50.2 cm³/mol. The maximum absolute atomic E-state index is 11.5. The summed E-state index contributed by atoms with van der Waals surface area (Å²) in [5.41, 5.74) is 0. The van der Waals surface area contributed by atoms with Crippen LogP contribution in [0.15, 0.2) is 0 Å². The summed E-state index contributed by atoms with van der Waals surface area (Å²) in [6, 6.07) is -0.136. The van der Waals surface area contributed by atoms with Crippen LogP contribution in [0.4, 0.5) is 0 Å². The molecule has 1 aliphatic heterocycles. The zero-order chi connectivity index (χ0) is 9.84. The summed E-state index contributed by atoms with van der Waals surface area (Å²) in [6.45, 7) is 5.60. The third kappa shape index (κ3) is 2.67. The summed E-state index contributed by atoms with van der Waals surface area (Å²) in [5, 5.41) is 14.6. The molecule has 1 fully saturated rings. The fourth-order valence-corrected chi connectivity index (χ4v) is 1.30. The van der Waals surface area contributed by atoms with Gasteiger partial charge in [0.1, 0.15) is 0 Å². The molecule has 76 valence electrons. The minimum absolute atomic E-state index is 0.00137. The minimum Gasteiger partial charge on any atom is -0.394 e. The molecule has 3 N–H and O–H groups in total. The molecule has 1 heterocycles. The van der Waals surface area contributed by atoms with Crippen molar-refractivity contribution in [1.82, 2.24) is 10.6 Å². The lowest BCUT2D eigenvalue weighted by Crippen LogP contribution is -2.51. The average molecular weight is 186 g/mol. The molecular weight excluding hydrogens is 168 g/mol. The van der Waals surface area contributed by atoms with E-state index in [0.717, 1.165) is 13.1 Å². The van der Waals surface area contributed by atoms with Crippen molar-refractivity contribution in [2.24, 2.45) is 11.8 Å². The van der Waals surface area contributed by atoms with E-state index in [1.54, 1.807) is 6.92 Å². The van der Waals surface area contributed by atoms with Gasteiger partial charge in [-0.3, -0.25) is 4.79 Å². The molecule has 0 bridgehead atoms. The van der Waals surface area contributed by atoms with Gasteiger partial charge in [0.05, 0.1) is 6.61 Å². The Balaban J connectivity index is 2.28. The smallest absolute Gasteiger partial charge is 0.223 e. The fourth-order valence-electron chi connectivity index (χ4n) is 1.30. The highest BCUT2D eigenvalue weighted by Crippen LogP contribution is 2.15. The minimum atomic E-state index is -0.136. The quantitative estimate of drug-likeness (QED) is 0.546. The summed E-state index contributed by atoms with van der Waals surface area (Å²) in [4.78, 5) is 11.5. The van der Waals surface area contributed by atoms with E-state index in [4.69, 9.17) is 5.11 Å². The number of aliphatic hydroxyl groups is 1. The second-order valence-corrected chi connectivity index (χ2v) is 3.80. The maximum atomic E-state index is 11.5. The molecular formula is C9H18N2O2. The van der Waals surface area contributed by atoms with Crippen LogP contribution in [0.25, 0.3) is 0 Å². The van der Waals surface area contributed by atoms with E-state index in [1.165, 1.54) is 0 Å². The third-order valence-corrected chi connectivity index (χ3v) is 2.60. The van der Waals surface area contributed by atoms with Gasteiger partial charge in [0.15, 0.2) is 0 Å². The van der Waals surface area contributed by atoms with Gasteiger partial charge >= 0.3 is 0 Å². The molecule has 1 aliphatic rings. The van der Waals surface area contributed by atoms with E-state index in [-0.39, 0.29) is 24.5 Å². The van der Waals surface area contributed by atoms with Crippen LogP contribution in [0.5, 0.6) is 0 Å². The van der Waals surface area contributed by atoms with Crippen molar-refractivity contribution >= 4 is 5.91 Å². The molecule has 0 aromatic rings. The number of hydrogen-bond acceptors (Lipinski definition) is 3. The van der Waals surface area contributed by atoms with Crippen LogP contribution in [0.1, 0.15) is 13.8 Å². The number of carbonyl (C=O) groups excluding carboxylic acids is 1. The van der Waals surface area contributed by atoms with Gasteiger partial charge in [0.2, 0.25) is 5.91 Å². The summed E-state index contributed by atoms with van der Waals surface area (Å²) in [7, 11) is 0. The van der Waals surface area contributed by atoms with E-state index in [2.05, 4.69) is 10.6 Å². The van der Waals surface area contributed by atoms with Gasteiger partial charge in [-0.15, -0.1) is 0 Å². The van der Waals surface area contributed by atoms with Crippen molar-refractivity contribution in [1.29, 1.82) is 0 Å². The maximum Gasteiger partial charge on any atom is 0.223 e. The number of hydrogen-bond donors (Lipinski definition) is 3. The molecule has 0 saturated carbocycles. The number of aliphatic hydroxyl groups excluding tert-OH is 1. The zero-order valence-corrected chi connectivity index (χ0v) is 8.21. The predicted octanol–water partition coefficient (Wildman–Crippen LogP) is -0.661. The van der Waals surface area contributed by atoms with Crippen LogP contribution in [0, 0.1) is 11.8 Å². The molecule has 2 atom stereocenters. The Kier molecular flexibility index (Phi) is 3.69. The van der Waals surface area contributed by atoms with Crippen LogP contribution < -0.4 is 10.6 Å². The lowest BCUT2D eigenvalue weighted by Gasteiger charge is -2.32. The van der Waals surface area contributed by atoms with Gasteiger partial charge in [-0.25, -0.2) is 0 Å². The SMILES string of the molecule is CC(CO)NC(=O)C(C)C1CNC1. The van der Waals surface area contributed by atoms with Crippen molar-refractivity contribution in [3.63, 3.8) is 0 Å². The highest BCUT2D eigenvalue weighted by atomic mass is 16.3. The first kappa shape index (κ1) is 10.5. The van der Waals surface area contributed by atoms with E-state index in [1.807, 2.05) is 6.92 Å². The molecule has 13 heavy (non-hydrogen) atoms. The molecule has 0 spiro atoms. The van der Waals surface area contributed by atoms with Crippen molar-refractivity contribution in [2.75, 3.05) is 19.7 Å². The van der Waals surface area contributed by atoms with Gasteiger partial charge < -0.3 is 15.7 Å². The monoisotopic (exact) mass is 186 g/mol. The van der Waals surface area contributed by atoms with Crippen LogP contribution >= 0.6 is 0 Å². The van der Waals surface area contributed by atoms with Crippen molar-refractivity contribution in [2.45, 2.75) is 19.9 Å². The highest BCUT2D eigenvalue weighted by Gasteiger charge is 2.28. The van der Waals surface area contributed by atoms with Crippen LogP contribution in [-0.2, 0) is 4.79 Å². The Hall–Kier alpha value is -0.610. The molecule has 0 aromatic carbocycles. The van der Waals surface area contributed by atoms with E-state index >= 15 is 0 Å². The summed E-state index contributed by atoms with van der Waals surface area (Å²) in [6.07, 6.45) is 0. The average Bonchev–Trinajstić information content (AvgIpc) is 2.00. The number of nitrogens with one attached hydrogen (secondary N) is 2. The van der Waals surface area contributed by atoms with Crippen molar-refractivity contribution < 1.29 is 9.90 Å². The largest absolute Gasteiger partial charge is 0.394 e. The second-order valence-electron chi connectivity index (χ2n) is 3.80. The topological polar surface area (TPSA) is 61.4 Å². The number of rotatable bonds is 4. The van der Waals surface area contributed by atoms with E-state index in [9.17, 15) is 4.79 Å². The van der Waals surface area contributed by atoms with Gasteiger partial charge in [-0.05, 0) is 25.9 Å². The van der Waals surface area contributed by atoms with Gasteiger partial charge in [0, 0.05) is 12.0 Å². The molecule has 2 unspecified atom stereocenters. The Morgan fingerprint density at radius 2 is 2.23 bits per heavy atom. The van der Waals surface area contributed by atoms with Gasteiger partial charge in [0.25, 0.3) is 0 Å². The van der Waals surface area contributed by atoms with Crippen molar-refractivity contribution in [3.8, 4) is 0 Å². The Labute approximate surface area is 78.7 Å². The molecule has 1 rings (SSSR count). The standard InChI is InChI=1S/C9H18N2O2/c1-6(5-12)11-9(13)7(2)8-3-10-4-8/h6-8,10,12H,3-5H2,1-2H3,(H,11,13). The Morgan fingerprint density at radius 1 is 1.62 bits per heavy atom. The summed E-state index contributed by atoms with van der Waals surface area (Å²) < 4.78 is 0. The van der Waals surface area contributed by atoms with Crippen LogP contribution in [0.2, 0.25) is 0 Å². The molecule has 1 amide bonds. The second kappa shape index (κ2) is 4.58. The molecule has 0 aliphatic carbocycles. The van der Waals surface area contributed by atoms with Gasteiger partial charge in [-0.1, -0.05) is 6.92 Å². The first-order valence-corrected chi connectivity index (χ1v) is 4.77. The normalized spacial score (nSPS) is 21.8. The zero-order valence-electron chi connectivity index (χ0n) is 8.21. The van der Waals surface area contributed by atoms with Crippen molar-refractivity contribution in [3.05, 3.63) is 0 Å². The van der Waals surface area contributed by atoms with Crippen LogP contribution in [0.3, 0.4) is 0 Å². The lowest BCUT2D eigenvalue weighted by molar-refractivity contribution is -0.127.